The standard InChI is InChI=1S/C13H16N2O3S/c1-5-18-12(17)10-14-7-6-8(13(2,3)4)19-9(7)11(16)15-10/h6H,5H2,1-4H3,(H,14,15,16). The fourth-order valence-corrected chi connectivity index (χ4v) is 2.66. The van der Waals surface area contributed by atoms with Gasteiger partial charge in [-0.3, -0.25) is 9.78 Å². The Morgan fingerprint density at radius 1 is 1.47 bits per heavy atom. The van der Waals surface area contributed by atoms with Crippen molar-refractivity contribution in [2.24, 2.45) is 0 Å². The van der Waals surface area contributed by atoms with E-state index in [1.807, 2.05) is 6.07 Å². The summed E-state index contributed by atoms with van der Waals surface area (Å²) in [7, 11) is 0. The van der Waals surface area contributed by atoms with Gasteiger partial charge in [0.1, 0.15) is 4.70 Å². The molecule has 0 saturated heterocycles. The zero-order chi connectivity index (χ0) is 14.2. The molecule has 0 saturated carbocycles. The number of hydrogen-bond donors (Lipinski definition) is 1. The van der Waals surface area contributed by atoms with Crippen molar-refractivity contribution in [3.05, 3.63) is 27.1 Å². The van der Waals surface area contributed by atoms with Gasteiger partial charge in [-0.15, -0.1) is 11.3 Å². The summed E-state index contributed by atoms with van der Waals surface area (Å²) in [5, 5.41) is 0. The van der Waals surface area contributed by atoms with E-state index in [1.165, 1.54) is 11.3 Å². The van der Waals surface area contributed by atoms with Crippen molar-refractivity contribution in [3.8, 4) is 0 Å². The highest BCUT2D eigenvalue weighted by Crippen LogP contribution is 2.31. The summed E-state index contributed by atoms with van der Waals surface area (Å²) in [5.41, 5.74) is 0.192. The van der Waals surface area contributed by atoms with Gasteiger partial charge in [0.2, 0.25) is 5.82 Å². The smallest absolute Gasteiger partial charge is 0.374 e. The minimum absolute atomic E-state index is 0.0439. The monoisotopic (exact) mass is 280 g/mol. The van der Waals surface area contributed by atoms with Crippen molar-refractivity contribution in [2.75, 3.05) is 6.61 Å². The van der Waals surface area contributed by atoms with Crippen LogP contribution in [0.5, 0.6) is 0 Å². The zero-order valence-electron chi connectivity index (χ0n) is 11.4. The number of carbonyl (C=O) groups is 1. The van der Waals surface area contributed by atoms with Crippen molar-refractivity contribution in [1.29, 1.82) is 0 Å². The van der Waals surface area contributed by atoms with E-state index in [9.17, 15) is 9.59 Å². The Kier molecular flexibility index (Phi) is 3.45. The van der Waals surface area contributed by atoms with Crippen molar-refractivity contribution in [3.63, 3.8) is 0 Å². The van der Waals surface area contributed by atoms with Crippen LogP contribution in [0, 0.1) is 0 Å². The maximum absolute atomic E-state index is 12.0. The Labute approximate surface area is 114 Å². The van der Waals surface area contributed by atoms with Crippen LogP contribution in [0.4, 0.5) is 0 Å². The molecule has 2 rings (SSSR count). The van der Waals surface area contributed by atoms with Gasteiger partial charge < -0.3 is 4.74 Å². The predicted octanol–water partition coefficient (Wildman–Crippen LogP) is 2.46. The molecule has 1 N–H and O–H groups in total. The Bertz CT molecular complexity index is 679. The summed E-state index contributed by atoms with van der Waals surface area (Å²) in [4.78, 5) is 31.2. The highest BCUT2D eigenvalue weighted by molar-refractivity contribution is 7.19. The molecule has 19 heavy (non-hydrogen) atoms. The topological polar surface area (TPSA) is 72.0 Å². The average molecular weight is 280 g/mol. The molecule has 2 heterocycles. The molecule has 0 spiro atoms. The molecule has 2 aromatic heterocycles. The van der Waals surface area contributed by atoms with Crippen LogP contribution in [0.3, 0.4) is 0 Å². The third-order valence-corrected chi connectivity index (χ3v) is 4.14. The normalized spacial score (nSPS) is 11.8. The van der Waals surface area contributed by atoms with E-state index in [-0.39, 0.29) is 23.4 Å². The molecule has 0 radical (unpaired) electrons. The molecule has 2 aromatic rings. The quantitative estimate of drug-likeness (QED) is 0.858. The van der Waals surface area contributed by atoms with E-state index >= 15 is 0 Å². The van der Waals surface area contributed by atoms with E-state index in [0.29, 0.717) is 10.2 Å². The molecule has 6 heteroatoms. The molecule has 0 bridgehead atoms. The van der Waals surface area contributed by atoms with Crippen LogP contribution in [-0.4, -0.2) is 22.5 Å². The van der Waals surface area contributed by atoms with Crippen LogP contribution in [0.15, 0.2) is 10.9 Å². The van der Waals surface area contributed by atoms with Crippen LogP contribution in [0.2, 0.25) is 0 Å². The summed E-state index contributed by atoms with van der Waals surface area (Å²) in [6.45, 7) is 8.16. The number of carbonyl (C=O) groups excluding carboxylic acids is 1. The molecule has 0 aliphatic heterocycles. The molecule has 5 nitrogen and oxygen atoms in total. The number of rotatable bonds is 2. The van der Waals surface area contributed by atoms with Crippen LogP contribution < -0.4 is 5.56 Å². The maximum atomic E-state index is 12.0. The fraction of sp³-hybridized carbons (Fsp3) is 0.462. The average Bonchev–Trinajstić information content (AvgIpc) is 2.73. The number of ether oxygens (including phenoxy) is 1. The lowest BCUT2D eigenvalue weighted by atomic mass is 9.95. The van der Waals surface area contributed by atoms with E-state index in [4.69, 9.17) is 4.74 Å². The second kappa shape index (κ2) is 4.77. The van der Waals surface area contributed by atoms with E-state index in [1.54, 1.807) is 6.92 Å². The number of esters is 1. The molecular formula is C13H16N2O3S. The lowest BCUT2D eigenvalue weighted by Gasteiger charge is -2.14. The number of fused-ring (bicyclic) bond motifs is 1. The van der Waals surface area contributed by atoms with Crippen molar-refractivity contribution < 1.29 is 9.53 Å². The first-order chi connectivity index (χ1) is 8.82. The third kappa shape index (κ3) is 2.68. The summed E-state index contributed by atoms with van der Waals surface area (Å²) in [5.74, 6) is -0.650. The molecule has 102 valence electrons. The Balaban J connectivity index is 2.57. The molecule has 0 fully saturated rings. The Morgan fingerprint density at radius 3 is 2.74 bits per heavy atom. The van der Waals surface area contributed by atoms with Gasteiger partial charge in [0.25, 0.3) is 5.56 Å². The molecule has 0 atom stereocenters. The number of nitrogens with one attached hydrogen (secondary N) is 1. The van der Waals surface area contributed by atoms with E-state index in [2.05, 4.69) is 30.7 Å². The number of aromatic amines is 1. The fourth-order valence-electron chi connectivity index (χ4n) is 1.61. The maximum Gasteiger partial charge on any atom is 0.374 e. The van der Waals surface area contributed by atoms with Crippen molar-refractivity contribution in [2.45, 2.75) is 33.1 Å². The first-order valence-corrected chi connectivity index (χ1v) is 6.86. The van der Waals surface area contributed by atoms with Crippen LogP contribution in [0.1, 0.15) is 43.2 Å². The van der Waals surface area contributed by atoms with E-state index < -0.39 is 5.97 Å². The van der Waals surface area contributed by atoms with Crippen LogP contribution in [0.25, 0.3) is 10.2 Å². The number of aromatic nitrogens is 2. The van der Waals surface area contributed by atoms with Crippen LogP contribution in [-0.2, 0) is 10.2 Å². The highest BCUT2D eigenvalue weighted by atomic mass is 32.1. The summed E-state index contributed by atoms with van der Waals surface area (Å²) in [6.07, 6.45) is 0. The van der Waals surface area contributed by atoms with Crippen molar-refractivity contribution in [1.82, 2.24) is 9.97 Å². The molecule has 0 aliphatic carbocycles. The first-order valence-electron chi connectivity index (χ1n) is 6.04. The Morgan fingerprint density at radius 2 is 2.16 bits per heavy atom. The Hall–Kier alpha value is -1.69. The molecule has 0 aromatic carbocycles. The molecule has 0 unspecified atom stereocenters. The summed E-state index contributed by atoms with van der Waals surface area (Å²) in [6, 6.07) is 1.86. The minimum Gasteiger partial charge on any atom is -0.460 e. The minimum atomic E-state index is -0.606. The molecule has 0 amide bonds. The predicted molar refractivity (Wildman–Crippen MR) is 74.9 cm³/mol. The summed E-state index contributed by atoms with van der Waals surface area (Å²) < 4.78 is 5.38. The van der Waals surface area contributed by atoms with Gasteiger partial charge in [-0.25, -0.2) is 9.78 Å². The number of thiophene rings is 1. The van der Waals surface area contributed by atoms with Gasteiger partial charge >= 0.3 is 5.97 Å². The largest absolute Gasteiger partial charge is 0.460 e. The second-order valence-electron chi connectivity index (χ2n) is 5.21. The number of nitrogens with zero attached hydrogens (tertiary/aromatic N) is 1. The van der Waals surface area contributed by atoms with Gasteiger partial charge in [0.15, 0.2) is 0 Å². The van der Waals surface area contributed by atoms with Gasteiger partial charge in [-0.05, 0) is 18.4 Å². The second-order valence-corrected chi connectivity index (χ2v) is 6.26. The first kappa shape index (κ1) is 13.7. The van der Waals surface area contributed by atoms with Gasteiger partial charge in [-0.2, -0.15) is 0 Å². The highest BCUT2D eigenvalue weighted by Gasteiger charge is 2.20. The lowest BCUT2D eigenvalue weighted by molar-refractivity contribution is 0.0512. The van der Waals surface area contributed by atoms with Gasteiger partial charge in [0, 0.05) is 4.88 Å². The van der Waals surface area contributed by atoms with Gasteiger partial charge in [-0.1, -0.05) is 20.8 Å². The lowest BCUT2D eigenvalue weighted by Crippen LogP contribution is -2.16. The summed E-state index contributed by atoms with van der Waals surface area (Å²) >= 11 is 1.41. The SMILES string of the molecule is CCOC(=O)c1nc2cc(C(C)(C)C)sc2c(=O)[nH]1. The number of H-pyrrole nitrogens is 1. The van der Waals surface area contributed by atoms with E-state index in [0.717, 1.165) is 4.88 Å². The van der Waals surface area contributed by atoms with Crippen molar-refractivity contribution >= 4 is 27.5 Å². The molecule has 0 aliphatic rings. The molecular weight excluding hydrogens is 264 g/mol. The van der Waals surface area contributed by atoms with Gasteiger partial charge in [0.05, 0.1) is 12.1 Å². The zero-order valence-corrected chi connectivity index (χ0v) is 12.2. The van der Waals surface area contributed by atoms with Crippen LogP contribution >= 0.6 is 11.3 Å². The number of hydrogen-bond acceptors (Lipinski definition) is 5. The third-order valence-electron chi connectivity index (χ3n) is 2.59.